The van der Waals surface area contributed by atoms with Gasteiger partial charge in [0.1, 0.15) is 5.82 Å². The first-order chi connectivity index (χ1) is 14.2. The van der Waals surface area contributed by atoms with E-state index in [0.29, 0.717) is 18.8 Å². The number of rotatable bonds is 4. The van der Waals surface area contributed by atoms with Crippen LogP contribution in [-0.4, -0.2) is 62.4 Å². The number of nitrogens with zero attached hydrogens (tertiary/aromatic N) is 2. The zero-order chi connectivity index (χ0) is 21.5. The van der Waals surface area contributed by atoms with Crippen LogP contribution < -0.4 is 9.62 Å². The van der Waals surface area contributed by atoms with E-state index in [1.807, 2.05) is 9.80 Å². The highest BCUT2D eigenvalue weighted by Gasteiger charge is 2.50. The lowest BCUT2D eigenvalue weighted by Gasteiger charge is -2.41. The van der Waals surface area contributed by atoms with Gasteiger partial charge in [-0.3, -0.25) is 9.52 Å². The summed E-state index contributed by atoms with van der Waals surface area (Å²) in [6, 6.07) is 4.53. The SMILES string of the molecule is CS(=O)(=O)Nc1ccc(N2CCC[C@@]3(CCN(C4CCC(O)CC4)C3=O)C2)c(F)c1. The van der Waals surface area contributed by atoms with Gasteiger partial charge in [0, 0.05) is 31.7 Å². The Labute approximate surface area is 177 Å². The van der Waals surface area contributed by atoms with Crippen LogP contribution in [-0.2, 0) is 14.8 Å². The molecule has 1 saturated carbocycles. The Morgan fingerprint density at radius 3 is 2.57 bits per heavy atom. The Hall–Kier alpha value is -1.87. The van der Waals surface area contributed by atoms with Crippen molar-refractivity contribution in [2.45, 2.75) is 57.1 Å². The van der Waals surface area contributed by atoms with Gasteiger partial charge in [0.05, 0.1) is 29.1 Å². The van der Waals surface area contributed by atoms with Crippen molar-refractivity contribution in [1.29, 1.82) is 0 Å². The summed E-state index contributed by atoms with van der Waals surface area (Å²) in [5.74, 6) is -0.325. The van der Waals surface area contributed by atoms with Crippen LogP contribution in [0.2, 0.25) is 0 Å². The van der Waals surface area contributed by atoms with E-state index >= 15 is 0 Å². The van der Waals surface area contributed by atoms with Gasteiger partial charge in [0.2, 0.25) is 15.9 Å². The van der Waals surface area contributed by atoms with Crippen LogP contribution in [0.5, 0.6) is 0 Å². The third-order valence-corrected chi connectivity index (χ3v) is 7.43. The number of piperidine rings is 1. The quantitative estimate of drug-likeness (QED) is 0.752. The zero-order valence-electron chi connectivity index (χ0n) is 17.3. The summed E-state index contributed by atoms with van der Waals surface area (Å²) in [6.07, 6.45) is 6.34. The lowest BCUT2D eigenvalue weighted by Crippen LogP contribution is -2.50. The number of aliphatic hydroxyl groups is 1. The summed E-state index contributed by atoms with van der Waals surface area (Å²) in [5, 5.41) is 9.76. The van der Waals surface area contributed by atoms with E-state index in [1.165, 1.54) is 6.07 Å². The van der Waals surface area contributed by atoms with Gasteiger partial charge in [-0.15, -0.1) is 0 Å². The van der Waals surface area contributed by atoms with Crippen molar-refractivity contribution in [2.24, 2.45) is 5.41 Å². The summed E-state index contributed by atoms with van der Waals surface area (Å²) in [4.78, 5) is 17.3. The number of hydrogen-bond donors (Lipinski definition) is 2. The molecule has 1 aliphatic carbocycles. The normalized spacial score (nSPS) is 30.2. The number of halogens is 1. The van der Waals surface area contributed by atoms with E-state index in [1.54, 1.807) is 12.1 Å². The van der Waals surface area contributed by atoms with E-state index in [4.69, 9.17) is 0 Å². The average Bonchev–Trinajstić information content (AvgIpc) is 2.97. The molecule has 1 atom stereocenters. The summed E-state index contributed by atoms with van der Waals surface area (Å²) in [6.45, 7) is 1.88. The summed E-state index contributed by atoms with van der Waals surface area (Å²) in [7, 11) is -3.47. The second kappa shape index (κ2) is 8.00. The van der Waals surface area contributed by atoms with Crippen molar-refractivity contribution >= 4 is 27.3 Å². The van der Waals surface area contributed by atoms with Crippen molar-refractivity contribution in [3.63, 3.8) is 0 Å². The average molecular weight is 440 g/mol. The van der Waals surface area contributed by atoms with Gasteiger partial charge >= 0.3 is 0 Å². The molecule has 2 heterocycles. The predicted molar refractivity (Wildman–Crippen MR) is 113 cm³/mol. The largest absolute Gasteiger partial charge is 0.393 e. The van der Waals surface area contributed by atoms with Gasteiger partial charge in [0.15, 0.2) is 0 Å². The van der Waals surface area contributed by atoms with Crippen LogP contribution >= 0.6 is 0 Å². The summed E-state index contributed by atoms with van der Waals surface area (Å²) in [5.41, 5.74) is 0.109. The topological polar surface area (TPSA) is 90.0 Å². The predicted octanol–water partition coefficient (Wildman–Crippen LogP) is 2.32. The highest BCUT2D eigenvalue weighted by atomic mass is 32.2. The monoisotopic (exact) mass is 439 g/mol. The molecule has 4 rings (SSSR count). The van der Waals surface area contributed by atoms with E-state index in [9.17, 15) is 22.7 Å². The maximum absolute atomic E-state index is 14.8. The second-order valence-electron chi connectivity index (χ2n) is 9.06. The zero-order valence-corrected chi connectivity index (χ0v) is 18.1. The molecule has 0 radical (unpaired) electrons. The Bertz CT molecular complexity index is 917. The third-order valence-electron chi connectivity index (χ3n) is 6.82. The van der Waals surface area contributed by atoms with Crippen molar-refractivity contribution in [3.05, 3.63) is 24.0 Å². The van der Waals surface area contributed by atoms with Crippen molar-refractivity contribution in [2.75, 3.05) is 35.5 Å². The van der Waals surface area contributed by atoms with Gasteiger partial charge in [-0.05, 0) is 57.1 Å². The van der Waals surface area contributed by atoms with E-state index < -0.39 is 21.3 Å². The second-order valence-corrected chi connectivity index (χ2v) is 10.8. The number of hydrogen-bond acceptors (Lipinski definition) is 5. The van der Waals surface area contributed by atoms with Crippen LogP contribution in [0.25, 0.3) is 0 Å². The molecule has 0 bridgehead atoms. The van der Waals surface area contributed by atoms with Gasteiger partial charge in [-0.1, -0.05) is 0 Å². The molecule has 9 heteroatoms. The van der Waals surface area contributed by atoms with Gasteiger partial charge in [0.25, 0.3) is 0 Å². The number of benzene rings is 1. The molecule has 166 valence electrons. The molecule has 2 aliphatic heterocycles. The van der Waals surface area contributed by atoms with Crippen LogP contribution in [0, 0.1) is 11.2 Å². The number of likely N-dealkylation sites (tertiary alicyclic amines) is 1. The molecule has 7 nitrogen and oxygen atoms in total. The first kappa shape index (κ1) is 21.4. The number of anilines is 2. The molecule has 0 unspecified atom stereocenters. The van der Waals surface area contributed by atoms with E-state index in [0.717, 1.165) is 57.7 Å². The molecule has 30 heavy (non-hydrogen) atoms. The minimum absolute atomic E-state index is 0.171. The number of sulfonamides is 1. The number of carbonyl (C=O) groups excluding carboxylic acids is 1. The Balaban J connectivity index is 1.49. The fraction of sp³-hybridized carbons (Fsp3) is 0.667. The number of amides is 1. The van der Waals surface area contributed by atoms with Crippen molar-refractivity contribution in [1.82, 2.24) is 4.90 Å². The Morgan fingerprint density at radius 1 is 1.17 bits per heavy atom. The summed E-state index contributed by atoms with van der Waals surface area (Å²) >= 11 is 0. The highest BCUT2D eigenvalue weighted by molar-refractivity contribution is 7.92. The number of nitrogens with one attached hydrogen (secondary N) is 1. The first-order valence-electron chi connectivity index (χ1n) is 10.7. The highest BCUT2D eigenvalue weighted by Crippen LogP contribution is 2.43. The minimum Gasteiger partial charge on any atom is -0.393 e. The molecular formula is C21H30FN3O4S. The molecule has 3 fully saturated rings. The molecule has 1 aromatic carbocycles. The molecule has 1 spiro atoms. The third kappa shape index (κ3) is 4.27. The van der Waals surface area contributed by atoms with Crippen molar-refractivity contribution < 1.29 is 22.7 Å². The maximum atomic E-state index is 14.8. The molecule has 2 N–H and O–H groups in total. The maximum Gasteiger partial charge on any atom is 0.230 e. The minimum atomic E-state index is -3.47. The molecule has 3 aliphatic rings. The fourth-order valence-corrected chi connectivity index (χ4v) is 5.88. The number of aliphatic hydroxyl groups excluding tert-OH is 1. The first-order valence-corrected chi connectivity index (χ1v) is 12.6. The van der Waals surface area contributed by atoms with Crippen LogP contribution in [0.15, 0.2) is 18.2 Å². The van der Waals surface area contributed by atoms with Crippen LogP contribution in [0.3, 0.4) is 0 Å². The molecular weight excluding hydrogens is 409 g/mol. The van der Waals surface area contributed by atoms with Crippen molar-refractivity contribution in [3.8, 4) is 0 Å². The van der Waals surface area contributed by atoms with E-state index in [-0.39, 0.29) is 23.7 Å². The fourth-order valence-electron chi connectivity index (χ4n) is 5.32. The van der Waals surface area contributed by atoms with Gasteiger partial charge < -0.3 is 14.9 Å². The Morgan fingerprint density at radius 2 is 1.90 bits per heavy atom. The lowest BCUT2D eigenvalue weighted by molar-refractivity contribution is -0.139. The lowest BCUT2D eigenvalue weighted by atomic mass is 9.78. The van der Waals surface area contributed by atoms with Gasteiger partial charge in [-0.2, -0.15) is 0 Å². The van der Waals surface area contributed by atoms with Crippen LogP contribution in [0.4, 0.5) is 15.8 Å². The summed E-state index contributed by atoms with van der Waals surface area (Å²) < 4.78 is 39.8. The molecule has 2 saturated heterocycles. The van der Waals surface area contributed by atoms with E-state index in [2.05, 4.69) is 4.72 Å². The standard InChI is InChI=1S/C21H30FN3O4S/c1-30(28,29)23-15-3-8-19(18(22)13-15)24-11-2-9-21(14-24)10-12-25(20(21)27)16-4-6-17(26)7-5-16/h3,8,13,16-17,23,26H,2,4-7,9-12,14H2,1H3/t16?,17?,21-/m1/s1. The smallest absolute Gasteiger partial charge is 0.230 e. The molecule has 0 aromatic heterocycles. The molecule has 1 amide bonds. The van der Waals surface area contributed by atoms with Gasteiger partial charge in [-0.25, -0.2) is 12.8 Å². The van der Waals surface area contributed by atoms with Crippen LogP contribution in [0.1, 0.15) is 44.9 Å². The molecule has 1 aromatic rings. The Kier molecular flexibility index (Phi) is 5.69. The number of carbonyl (C=O) groups is 1.